The van der Waals surface area contributed by atoms with Crippen LogP contribution in [0.25, 0.3) is 0 Å². The monoisotopic (exact) mass is 265 g/mol. The summed E-state index contributed by atoms with van der Waals surface area (Å²) in [5, 5.41) is 9.11. The fourth-order valence-corrected chi connectivity index (χ4v) is 2.00. The van der Waals surface area contributed by atoms with Crippen molar-refractivity contribution in [2.45, 2.75) is 19.9 Å². The predicted octanol–water partition coefficient (Wildman–Crippen LogP) is 0.0190. The minimum absolute atomic E-state index is 0.00679. The van der Waals surface area contributed by atoms with Gasteiger partial charge in [-0.1, -0.05) is 0 Å². The van der Waals surface area contributed by atoms with Crippen molar-refractivity contribution in [3.63, 3.8) is 0 Å². The number of amides is 1. The van der Waals surface area contributed by atoms with E-state index in [1.807, 2.05) is 0 Å². The van der Waals surface area contributed by atoms with Crippen LogP contribution < -0.4 is 0 Å². The summed E-state index contributed by atoms with van der Waals surface area (Å²) in [5.74, 6) is -0.863. The van der Waals surface area contributed by atoms with E-state index in [-0.39, 0.29) is 19.1 Å². The van der Waals surface area contributed by atoms with Crippen LogP contribution in [0.2, 0.25) is 0 Å². The highest BCUT2D eigenvalue weighted by Crippen LogP contribution is 2.14. The van der Waals surface area contributed by atoms with E-state index in [0.717, 1.165) is 0 Å². The van der Waals surface area contributed by atoms with Crippen LogP contribution in [-0.4, -0.2) is 57.7 Å². The topological polar surface area (TPSA) is 92.6 Å². The average molecular weight is 265 g/mol. The Morgan fingerprint density at radius 2 is 2.21 bits per heavy atom. The third-order valence-corrected chi connectivity index (χ3v) is 3.00. The van der Waals surface area contributed by atoms with Crippen molar-refractivity contribution in [1.82, 2.24) is 14.9 Å². The van der Waals surface area contributed by atoms with Crippen LogP contribution in [0.4, 0.5) is 0 Å². The van der Waals surface area contributed by atoms with E-state index in [0.29, 0.717) is 23.7 Å². The highest BCUT2D eigenvalue weighted by atomic mass is 16.5. The van der Waals surface area contributed by atoms with Crippen LogP contribution in [0, 0.1) is 13.8 Å². The lowest BCUT2D eigenvalue weighted by atomic mass is 10.1. The van der Waals surface area contributed by atoms with Crippen molar-refractivity contribution in [2.75, 3.05) is 19.8 Å². The smallest absolute Gasteiger partial charge is 0.328 e. The van der Waals surface area contributed by atoms with E-state index in [1.165, 1.54) is 11.1 Å². The highest BCUT2D eigenvalue weighted by Gasteiger charge is 2.34. The number of aryl methyl sites for hydroxylation is 2. The number of morpholine rings is 1. The highest BCUT2D eigenvalue weighted by molar-refractivity contribution is 5.97. The second kappa shape index (κ2) is 5.31. The summed E-state index contributed by atoms with van der Waals surface area (Å²) in [4.78, 5) is 32.9. The first-order valence-corrected chi connectivity index (χ1v) is 5.92. The summed E-state index contributed by atoms with van der Waals surface area (Å²) in [6, 6.07) is -0.957. The van der Waals surface area contributed by atoms with Gasteiger partial charge in [-0.3, -0.25) is 4.79 Å². The Kier molecular flexibility index (Phi) is 3.75. The molecule has 1 unspecified atom stereocenters. The molecule has 0 aliphatic carbocycles. The maximum Gasteiger partial charge on any atom is 0.328 e. The summed E-state index contributed by atoms with van der Waals surface area (Å²) in [5.41, 5.74) is 0.881. The Balaban J connectivity index is 2.28. The van der Waals surface area contributed by atoms with Gasteiger partial charge in [0.25, 0.3) is 5.91 Å². The fourth-order valence-electron chi connectivity index (χ4n) is 2.00. The first-order valence-electron chi connectivity index (χ1n) is 5.92. The summed E-state index contributed by atoms with van der Waals surface area (Å²) in [6.45, 7) is 4.03. The zero-order chi connectivity index (χ0) is 14.0. The van der Waals surface area contributed by atoms with E-state index in [4.69, 9.17) is 9.84 Å². The number of carboxylic acids is 1. The predicted molar refractivity (Wildman–Crippen MR) is 64.8 cm³/mol. The van der Waals surface area contributed by atoms with Crippen LogP contribution >= 0.6 is 0 Å². The minimum Gasteiger partial charge on any atom is -0.480 e. The molecule has 1 aromatic rings. The Morgan fingerprint density at radius 1 is 1.47 bits per heavy atom. The summed E-state index contributed by atoms with van der Waals surface area (Å²) < 4.78 is 5.10. The average Bonchev–Trinajstić information content (AvgIpc) is 2.38. The molecule has 1 aliphatic heterocycles. The Morgan fingerprint density at radius 3 is 2.84 bits per heavy atom. The lowest BCUT2D eigenvalue weighted by Gasteiger charge is -2.33. The fraction of sp³-hybridized carbons (Fsp3) is 0.500. The second-order valence-corrected chi connectivity index (χ2v) is 4.34. The number of carbonyl (C=O) groups excluding carboxylic acids is 1. The van der Waals surface area contributed by atoms with E-state index >= 15 is 0 Å². The molecule has 1 N–H and O–H groups in total. The van der Waals surface area contributed by atoms with Crippen LogP contribution in [0.5, 0.6) is 0 Å². The maximum absolute atomic E-state index is 12.4. The van der Waals surface area contributed by atoms with Gasteiger partial charge in [0.1, 0.15) is 5.82 Å². The lowest BCUT2D eigenvalue weighted by Crippen LogP contribution is -2.52. The minimum atomic E-state index is -1.07. The Hall–Kier alpha value is -2.02. The number of aliphatic carboxylic acids is 1. The molecule has 0 radical (unpaired) electrons. The van der Waals surface area contributed by atoms with Gasteiger partial charge in [-0.15, -0.1) is 0 Å². The van der Waals surface area contributed by atoms with Crippen LogP contribution in [0.1, 0.15) is 21.9 Å². The van der Waals surface area contributed by atoms with E-state index in [1.54, 1.807) is 13.8 Å². The molecule has 19 heavy (non-hydrogen) atoms. The van der Waals surface area contributed by atoms with Gasteiger partial charge in [0.15, 0.2) is 6.04 Å². The normalized spacial score (nSPS) is 19.3. The Labute approximate surface area is 110 Å². The van der Waals surface area contributed by atoms with Crippen molar-refractivity contribution >= 4 is 11.9 Å². The van der Waals surface area contributed by atoms with Gasteiger partial charge in [0.05, 0.1) is 24.5 Å². The molecular formula is C12H15N3O4. The number of hydrogen-bond acceptors (Lipinski definition) is 5. The molecule has 2 heterocycles. The molecule has 1 amide bonds. The molecule has 1 aromatic heterocycles. The van der Waals surface area contributed by atoms with Gasteiger partial charge in [0, 0.05) is 12.7 Å². The van der Waals surface area contributed by atoms with Crippen molar-refractivity contribution in [3.05, 3.63) is 23.3 Å². The van der Waals surface area contributed by atoms with Gasteiger partial charge in [-0.25, -0.2) is 14.8 Å². The zero-order valence-electron chi connectivity index (χ0n) is 10.8. The van der Waals surface area contributed by atoms with E-state index in [9.17, 15) is 9.59 Å². The molecule has 0 spiro atoms. The number of carboxylic acid groups (broad SMARTS) is 1. The molecule has 1 atom stereocenters. The number of ether oxygens (including phenoxy) is 1. The number of aromatic nitrogens is 2. The van der Waals surface area contributed by atoms with E-state index in [2.05, 4.69) is 9.97 Å². The van der Waals surface area contributed by atoms with Gasteiger partial charge in [-0.2, -0.15) is 0 Å². The molecule has 1 saturated heterocycles. The van der Waals surface area contributed by atoms with Crippen LogP contribution in [0.15, 0.2) is 6.20 Å². The first-order chi connectivity index (χ1) is 9.00. The standard InChI is InChI=1S/C12H15N3O4/c1-7-9(5-13-8(2)14-7)11(16)15-3-4-19-6-10(15)12(17)18/h5,10H,3-4,6H2,1-2H3,(H,17,18). The number of carbonyl (C=O) groups is 2. The van der Waals surface area contributed by atoms with Crippen LogP contribution in [0.3, 0.4) is 0 Å². The molecular weight excluding hydrogens is 250 g/mol. The molecule has 7 heteroatoms. The number of nitrogens with zero attached hydrogens (tertiary/aromatic N) is 3. The molecule has 2 rings (SSSR count). The van der Waals surface area contributed by atoms with Gasteiger partial charge in [-0.05, 0) is 13.8 Å². The van der Waals surface area contributed by atoms with Crippen molar-refractivity contribution < 1.29 is 19.4 Å². The largest absolute Gasteiger partial charge is 0.480 e. The summed E-state index contributed by atoms with van der Waals surface area (Å²) in [6.07, 6.45) is 1.44. The van der Waals surface area contributed by atoms with E-state index < -0.39 is 12.0 Å². The summed E-state index contributed by atoms with van der Waals surface area (Å²) >= 11 is 0. The molecule has 1 fully saturated rings. The molecule has 102 valence electrons. The SMILES string of the molecule is Cc1ncc(C(=O)N2CCOCC2C(=O)O)c(C)n1. The second-order valence-electron chi connectivity index (χ2n) is 4.34. The Bertz CT molecular complexity index is 518. The first kappa shape index (κ1) is 13.4. The van der Waals surface area contributed by atoms with Gasteiger partial charge >= 0.3 is 5.97 Å². The summed E-state index contributed by atoms with van der Waals surface area (Å²) in [7, 11) is 0. The lowest BCUT2D eigenvalue weighted by molar-refractivity contribution is -0.147. The molecule has 0 aromatic carbocycles. The number of rotatable bonds is 2. The van der Waals surface area contributed by atoms with Gasteiger partial charge < -0.3 is 14.7 Å². The molecule has 1 aliphatic rings. The molecule has 0 saturated carbocycles. The quantitative estimate of drug-likeness (QED) is 0.810. The third-order valence-electron chi connectivity index (χ3n) is 3.00. The van der Waals surface area contributed by atoms with Crippen LogP contribution in [-0.2, 0) is 9.53 Å². The zero-order valence-corrected chi connectivity index (χ0v) is 10.8. The third kappa shape index (κ3) is 2.70. The van der Waals surface area contributed by atoms with Crippen molar-refractivity contribution in [3.8, 4) is 0 Å². The van der Waals surface area contributed by atoms with Gasteiger partial charge in [0.2, 0.25) is 0 Å². The molecule has 0 bridgehead atoms. The maximum atomic E-state index is 12.4. The van der Waals surface area contributed by atoms with Crippen molar-refractivity contribution in [1.29, 1.82) is 0 Å². The molecule has 7 nitrogen and oxygen atoms in total. The number of hydrogen-bond donors (Lipinski definition) is 1. The van der Waals surface area contributed by atoms with Crippen molar-refractivity contribution in [2.24, 2.45) is 0 Å².